The van der Waals surface area contributed by atoms with Crippen molar-refractivity contribution >= 4 is 0 Å². The molecule has 0 aliphatic rings. The van der Waals surface area contributed by atoms with Crippen LogP contribution in [0.15, 0.2) is 0 Å². The van der Waals surface area contributed by atoms with Gasteiger partial charge < -0.3 is 0 Å². The van der Waals surface area contributed by atoms with Crippen LogP contribution in [0.4, 0.5) is 17.6 Å². The summed E-state index contributed by atoms with van der Waals surface area (Å²) in [5, 5.41) is 0. The summed E-state index contributed by atoms with van der Waals surface area (Å²) in [5.74, 6) is -7.68. The smallest absolute Gasteiger partial charge is 0.200 e. The van der Waals surface area contributed by atoms with Gasteiger partial charge in [-0.25, -0.2) is 0 Å². The van der Waals surface area contributed by atoms with E-state index in [1.807, 2.05) is 6.92 Å². The summed E-state index contributed by atoms with van der Waals surface area (Å²) in [6.07, 6.45) is 1.81. The lowest BCUT2D eigenvalue weighted by molar-refractivity contribution is -0.216. The zero-order valence-electron chi connectivity index (χ0n) is 10.2. The lowest BCUT2D eigenvalue weighted by Crippen LogP contribution is -2.40. The molecule has 98 valence electrons. The van der Waals surface area contributed by atoms with Crippen molar-refractivity contribution in [3.63, 3.8) is 0 Å². The second kappa shape index (κ2) is 7.13. The lowest BCUT2D eigenvalue weighted by Gasteiger charge is -2.26. The first kappa shape index (κ1) is 15.7. The number of halogens is 4. The molecule has 0 N–H and O–H groups in total. The molecule has 0 aromatic rings. The Morgan fingerprint density at radius 2 is 1.06 bits per heavy atom. The summed E-state index contributed by atoms with van der Waals surface area (Å²) in [6.45, 7) is 3.67. The average Bonchev–Trinajstić information content (AvgIpc) is 2.21. The van der Waals surface area contributed by atoms with Crippen molar-refractivity contribution in [1.29, 1.82) is 0 Å². The summed E-state index contributed by atoms with van der Waals surface area (Å²) in [5.41, 5.74) is 0. The fraction of sp³-hybridized carbons (Fsp3) is 1.00. The highest BCUT2D eigenvalue weighted by Gasteiger charge is 2.54. The molecular weight excluding hydrogens is 220 g/mol. The van der Waals surface area contributed by atoms with Crippen LogP contribution in [0, 0.1) is 0 Å². The van der Waals surface area contributed by atoms with Crippen LogP contribution in [-0.2, 0) is 0 Å². The van der Waals surface area contributed by atoms with Crippen molar-refractivity contribution in [3.8, 4) is 0 Å². The summed E-state index contributed by atoms with van der Waals surface area (Å²) < 4.78 is 52.7. The van der Waals surface area contributed by atoms with Gasteiger partial charge in [0.25, 0.3) is 0 Å². The highest BCUT2D eigenvalue weighted by molar-refractivity contribution is 4.84. The monoisotopic (exact) mass is 242 g/mol. The third kappa shape index (κ3) is 5.17. The van der Waals surface area contributed by atoms with E-state index in [1.165, 1.54) is 0 Å². The molecule has 0 amide bonds. The summed E-state index contributed by atoms with van der Waals surface area (Å²) in [7, 11) is 0. The number of unbranched alkanes of at least 4 members (excludes halogenated alkanes) is 4. The molecule has 0 radical (unpaired) electrons. The zero-order valence-corrected chi connectivity index (χ0v) is 10.2. The molecule has 0 aliphatic heterocycles. The molecular formula is C12H22F4. The summed E-state index contributed by atoms with van der Waals surface area (Å²) in [6, 6.07) is 0. The van der Waals surface area contributed by atoms with Crippen LogP contribution in [0.1, 0.15) is 65.2 Å². The maximum absolute atomic E-state index is 13.2. The van der Waals surface area contributed by atoms with Gasteiger partial charge in [-0.1, -0.05) is 39.5 Å². The quantitative estimate of drug-likeness (QED) is 0.374. The van der Waals surface area contributed by atoms with E-state index < -0.39 is 24.7 Å². The van der Waals surface area contributed by atoms with Crippen molar-refractivity contribution in [2.45, 2.75) is 77.1 Å². The lowest BCUT2D eigenvalue weighted by atomic mass is 9.99. The molecule has 0 bridgehead atoms. The van der Waals surface area contributed by atoms with Gasteiger partial charge in [-0.3, -0.25) is 0 Å². The van der Waals surface area contributed by atoms with Gasteiger partial charge in [0, 0.05) is 12.8 Å². The van der Waals surface area contributed by atoms with Crippen LogP contribution in [0.3, 0.4) is 0 Å². The Bertz CT molecular complexity index is 178. The Morgan fingerprint density at radius 1 is 0.625 bits per heavy atom. The highest BCUT2D eigenvalue weighted by atomic mass is 19.3. The summed E-state index contributed by atoms with van der Waals surface area (Å²) >= 11 is 0. The normalized spacial score (nSPS) is 13.1. The van der Waals surface area contributed by atoms with Gasteiger partial charge >= 0.3 is 11.8 Å². The number of alkyl halides is 4. The topological polar surface area (TPSA) is 0 Å². The Kier molecular flexibility index (Phi) is 7.00. The fourth-order valence-electron chi connectivity index (χ4n) is 1.54. The minimum Gasteiger partial charge on any atom is -0.200 e. The Morgan fingerprint density at radius 3 is 1.50 bits per heavy atom. The van der Waals surface area contributed by atoms with E-state index in [4.69, 9.17) is 0 Å². The van der Waals surface area contributed by atoms with E-state index in [1.54, 1.807) is 6.92 Å². The molecule has 16 heavy (non-hydrogen) atoms. The average molecular weight is 242 g/mol. The number of hydrogen-bond acceptors (Lipinski definition) is 0. The molecule has 0 aliphatic carbocycles. The van der Waals surface area contributed by atoms with Gasteiger partial charge in [0.2, 0.25) is 0 Å². The predicted molar refractivity (Wildman–Crippen MR) is 58.2 cm³/mol. The van der Waals surface area contributed by atoms with Crippen LogP contribution in [0.2, 0.25) is 0 Å². The molecule has 0 nitrogen and oxygen atoms in total. The van der Waals surface area contributed by atoms with E-state index >= 15 is 0 Å². The minimum absolute atomic E-state index is 0.150. The Balaban J connectivity index is 4.06. The highest BCUT2D eigenvalue weighted by Crippen LogP contribution is 2.41. The van der Waals surface area contributed by atoms with Gasteiger partial charge in [0.15, 0.2) is 0 Å². The molecule has 0 fully saturated rings. The molecule has 0 rings (SSSR count). The number of rotatable bonds is 9. The van der Waals surface area contributed by atoms with Crippen molar-refractivity contribution in [2.24, 2.45) is 0 Å². The van der Waals surface area contributed by atoms with E-state index in [2.05, 4.69) is 0 Å². The van der Waals surface area contributed by atoms with E-state index in [9.17, 15) is 17.6 Å². The predicted octanol–water partition coefficient (Wildman–Crippen LogP) is 5.42. The van der Waals surface area contributed by atoms with Crippen molar-refractivity contribution in [3.05, 3.63) is 0 Å². The van der Waals surface area contributed by atoms with Crippen LogP contribution < -0.4 is 0 Å². The van der Waals surface area contributed by atoms with E-state index in [-0.39, 0.29) is 12.8 Å². The SMILES string of the molecule is CCCCCCC(F)(F)C(F)(F)CCCC. The first-order chi connectivity index (χ1) is 7.37. The zero-order chi connectivity index (χ0) is 12.7. The first-order valence-electron chi connectivity index (χ1n) is 6.13. The fourth-order valence-corrected chi connectivity index (χ4v) is 1.54. The standard InChI is InChI=1S/C12H22F4/c1-3-5-7-8-10-12(15,16)11(13,14)9-6-4-2/h3-10H2,1-2H3. The Hall–Kier alpha value is -0.280. The summed E-state index contributed by atoms with van der Waals surface area (Å²) in [4.78, 5) is 0. The molecule has 0 heterocycles. The maximum Gasteiger partial charge on any atom is 0.310 e. The van der Waals surface area contributed by atoms with E-state index in [0.29, 0.717) is 12.8 Å². The second-order valence-electron chi connectivity index (χ2n) is 4.32. The van der Waals surface area contributed by atoms with Crippen LogP contribution in [0.25, 0.3) is 0 Å². The van der Waals surface area contributed by atoms with Gasteiger partial charge in [-0.05, 0) is 12.8 Å². The number of hydrogen-bond donors (Lipinski definition) is 0. The third-order valence-electron chi connectivity index (χ3n) is 2.72. The van der Waals surface area contributed by atoms with Crippen LogP contribution in [-0.4, -0.2) is 11.8 Å². The van der Waals surface area contributed by atoms with Crippen LogP contribution >= 0.6 is 0 Å². The molecule has 0 spiro atoms. The third-order valence-corrected chi connectivity index (χ3v) is 2.72. The molecule has 0 saturated carbocycles. The van der Waals surface area contributed by atoms with Crippen molar-refractivity contribution in [1.82, 2.24) is 0 Å². The van der Waals surface area contributed by atoms with Gasteiger partial charge in [0.1, 0.15) is 0 Å². The second-order valence-corrected chi connectivity index (χ2v) is 4.32. The first-order valence-corrected chi connectivity index (χ1v) is 6.13. The Labute approximate surface area is 95.4 Å². The molecule has 0 aromatic heterocycles. The van der Waals surface area contributed by atoms with Gasteiger partial charge in [-0.2, -0.15) is 17.6 Å². The van der Waals surface area contributed by atoms with Crippen LogP contribution in [0.5, 0.6) is 0 Å². The van der Waals surface area contributed by atoms with E-state index in [0.717, 1.165) is 12.8 Å². The van der Waals surface area contributed by atoms with Crippen molar-refractivity contribution in [2.75, 3.05) is 0 Å². The van der Waals surface area contributed by atoms with Gasteiger partial charge in [0.05, 0.1) is 0 Å². The maximum atomic E-state index is 13.2. The molecule has 0 unspecified atom stereocenters. The molecule has 0 aromatic carbocycles. The van der Waals surface area contributed by atoms with Gasteiger partial charge in [-0.15, -0.1) is 0 Å². The van der Waals surface area contributed by atoms with Crippen molar-refractivity contribution < 1.29 is 17.6 Å². The molecule has 0 atom stereocenters. The molecule has 4 heteroatoms. The molecule has 0 saturated heterocycles. The largest absolute Gasteiger partial charge is 0.310 e. The minimum atomic E-state index is -3.84.